The zero-order valence-electron chi connectivity index (χ0n) is 20.6. The Morgan fingerprint density at radius 1 is 1.26 bits per heavy atom. The Bertz CT molecular complexity index is 903. The maximum absolute atomic E-state index is 13.1. The van der Waals surface area contributed by atoms with Crippen LogP contribution in [0.3, 0.4) is 0 Å². The highest BCUT2D eigenvalue weighted by Gasteiger charge is 2.31. The van der Waals surface area contributed by atoms with E-state index in [1.54, 1.807) is 11.0 Å². The lowest BCUT2D eigenvalue weighted by molar-refractivity contribution is -0.129. The lowest BCUT2D eigenvalue weighted by atomic mass is 9.76. The number of nitriles is 1. The minimum absolute atomic E-state index is 0.0371. The number of hydrogen-bond donors (Lipinski definition) is 3. The molecule has 0 aliphatic carbocycles. The molecule has 184 valence electrons. The number of ether oxygens (including phenoxy) is 1. The van der Waals surface area contributed by atoms with Crippen LogP contribution in [0.4, 0.5) is 4.79 Å². The van der Waals surface area contributed by atoms with Crippen LogP contribution in [0.1, 0.15) is 57.6 Å². The Morgan fingerprint density at radius 2 is 1.94 bits per heavy atom. The van der Waals surface area contributed by atoms with Crippen LogP contribution < -0.4 is 5.32 Å². The van der Waals surface area contributed by atoms with Crippen LogP contribution in [0.5, 0.6) is 0 Å². The van der Waals surface area contributed by atoms with E-state index in [9.17, 15) is 24.9 Å². The van der Waals surface area contributed by atoms with Crippen molar-refractivity contribution in [3.05, 3.63) is 47.0 Å². The summed E-state index contributed by atoms with van der Waals surface area (Å²) < 4.78 is 5.40. The molecule has 8 nitrogen and oxygen atoms in total. The van der Waals surface area contributed by atoms with Crippen LogP contribution in [0.2, 0.25) is 0 Å². The van der Waals surface area contributed by atoms with Gasteiger partial charge in [-0.15, -0.1) is 0 Å². The van der Waals surface area contributed by atoms with Gasteiger partial charge in [-0.3, -0.25) is 4.79 Å². The Balaban J connectivity index is 2.04. The van der Waals surface area contributed by atoms with E-state index in [0.717, 1.165) is 30.4 Å². The molecule has 0 radical (unpaired) electrons. The monoisotopic (exact) mass is 469 g/mol. The van der Waals surface area contributed by atoms with E-state index in [0.29, 0.717) is 13.0 Å². The number of nitrogens with one attached hydrogen (secondary N) is 1. The Labute approximate surface area is 202 Å². The molecule has 0 bridgehead atoms. The minimum Gasteiger partial charge on any atom is -0.447 e. The fourth-order valence-electron chi connectivity index (χ4n) is 3.92. The summed E-state index contributed by atoms with van der Waals surface area (Å²) in [5.41, 5.74) is 1.69. The SMILES string of the molecule is Cc1ccc(C[C@H](NC(=O)OC[C@H]2CCCCCN2C(=O)C(C#N)=CC(C)(C)C)B(O)O)cc1. The highest BCUT2D eigenvalue weighted by Crippen LogP contribution is 2.23. The van der Waals surface area contributed by atoms with E-state index in [2.05, 4.69) is 5.32 Å². The molecule has 0 spiro atoms. The molecule has 0 unspecified atom stereocenters. The van der Waals surface area contributed by atoms with Crippen molar-refractivity contribution in [1.29, 1.82) is 5.26 Å². The van der Waals surface area contributed by atoms with Gasteiger partial charge < -0.3 is 25.0 Å². The molecule has 1 aromatic carbocycles. The van der Waals surface area contributed by atoms with Crippen molar-refractivity contribution in [2.24, 2.45) is 5.41 Å². The summed E-state index contributed by atoms with van der Waals surface area (Å²) >= 11 is 0. The number of carbonyl (C=O) groups is 2. The van der Waals surface area contributed by atoms with E-state index in [-0.39, 0.29) is 36.0 Å². The fraction of sp³-hybridized carbons (Fsp3) is 0.560. The summed E-state index contributed by atoms with van der Waals surface area (Å²) in [6.45, 7) is 8.18. The number of rotatable bonds is 7. The molecule has 1 saturated heterocycles. The molecule has 9 heteroatoms. The highest BCUT2D eigenvalue weighted by atomic mass is 16.5. The topological polar surface area (TPSA) is 123 Å². The van der Waals surface area contributed by atoms with Crippen molar-refractivity contribution < 1.29 is 24.4 Å². The van der Waals surface area contributed by atoms with Gasteiger partial charge in [0.05, 0.1) is 12.0 Å². The number of carbonyl (C=O) groups excluding carboxylic acids is 2. The highest BCUT2D eigenvalue weighted by molar-refractivity contribution is 6.43. The Kier molecular flexibility index (Phi) is 10.1. The molecule has 1 aliphatic heterocycles. The first-order valence-electron chi connectivity index (χ1n) is 11.8. The van der Waals surface area contributed by atoms with Gasteiger partial charge in [0.2, 0.25) is 0 Å². The average molecular weight is 469 g/mol. The molecule has 3 N–H and O–H groups in total. The van der Waals surface area contributed by atoms with Gasteiger partial charge in [0.15, 0.2) is 0 Å². The van der Waals surface area contributed by atoms with E-state index in [4.69, 9.17) is 4.74 Å². The number of amides is 2. The average Bonchev–Trinajstić information content (AvgIpc) is 3.01. The zero-order chi connectivity index (χ0) is 25.3. The van der Waals surface area contributed by atoms with Crippen molar-refractivity contribution in [3.63, 3.8) is 0 Å². The molecule has 34 heavy (non-hydrogen) atoms. The summed E-state index contributed by atoms with van der Waals surface area (Å²) in [6, 6.07) is 9.22. The van der Waals surface area contributed by atoms with Gasteiger partial charge in [-0.1, -0.05) is 69.5 Å². The minimum atomic E-state index is -1.76. The summed E-state index contributed by atoms with van der Waals surface area (Å²) in [6.07, 6.45) is 4.42. The van der Waals surface area contributed by atoms with Crippen molar-refractivity contribution in [1.82, 2.24) is 10.2 Å². The van der Waals surface area contributed by atoms with Crippen LogP contribution in [0.25, 0.3) is 0 Å². The number of likely N-dealkylation sites (tertiary alicyclic amines) is 1. The van der Waals surface area contributed by atoms with Crippen LogP contribution in [-0.4, -0.2) is 59.2 Å². The predicted octanol–water partition coefficient (Wildman–Crippen LogP) is 2.91. The van der Waals surface area contributed by atoms with Crippen molar-refractivity contribution >= 4 is 19.1 Å². The van der Waals surface area contributed by atoms with Gasteiger partial charge in [0, 0.05) is 6.54 Å². The first kappa shape index (κ1) is 27.4. The third-order valence-electron chi connectivity index (χ3n) is 5.71. The second-order valence-electron chi connectivity index (χ2n) is 9.99. The van der Waals surface area contributed by atoms with Crippen molar-refractivity contribution in [2.75, 3.05) is 13.2 Å². The molecule has 1 aromatic rings. The molecule has 2 rings (SSSR count). The third-order valence-corrected chi connectivity index (χ3v) is 5.71. The van der Waals surface area contributed by atoms with E-state index in [1.807, 2.05) is 58.0 Å². The van der Waals surface area contributed by atoms with Gasteiger partial charge in [-0.25, -0.2) is 4.79 Å². The first-order chi connectivity index (χ1) is 16.0. The predicted molar refractivity (Wildman–Crippen MR) is 130 cm³/mol. The van der Waals surface area contributed by atoms with Gasteiger partial charge >= 0.3 is 13.2 Å². The number of hydrogen-bond acceptors (Lipinski definition) is 6. The lowest BCUT2D eigenvalue weighted by Crippen LogP contribution is -2.49. The Morgan fingerprint density at radius 3 is 2.53 bits per heavy atom. The molecule has 0 aromatic heterocycles. The van der Waals surface area contributed by atoms with E-state index in [1.165, 1.54) is 0 Å². The maximum atomic E-state index is 13.1. The normalized spacial score (nSPS) is 17.9. The molecule has 0 saturated carbocycles. The molecular formula is C25H36BN3O5. The second kappa shape index (κ2) is 12.6. The number of nitrogens with zero attached hydrogens (tertiary/aromatic N) is 2. The van der Waals surface area contributed by atoms with Gasteiger partial charge in [-0.2, -0.15) is 5.26 Å². The summed E-state index contributed by atoms with van der Waals surface area (Å²) in [5, 5.41) is 31.5. The smallest absolute Gasteiger partial charge is 0.447 e. The third kappa shape index (κ3) is 8.84. The quantitative estimate of drug-likeness (QED) is 0.321. The summed E-state index contributed by atoms with van der Waals surface area (Å²) in [7, 11) is -1.76. The van der Waals surface area contributed by atoms with Crippen LogP contribution >= 0.6 is 0 Å². The van der Waals surface area contributed by atoms with Gasteiger partial charge in [-0.05, 0) is 37.2 Å². The molecular weight excluding hydrogens is 433 g/mol. The number of benzene rings is 1. The maximum Gasteiger partial charge on any atom is 0.475 e. The zero-order valence-corrected chi connectivity index (χ0v) is 20.6. The Hall–Kier alpha value is -2.83. The van der Waals surface area contributed by atoms with Crippen LogP contribution in [0.15, 0.2) is 35.9 Å². The molecule has 2 atom stereocenters. The molecule has 1 heterocycles. The largest absolute Gasteiger partial charge is 0.475 e. The van der Waals surface area contributed by atoms with Gasteiger partial charge in [0.1, 0.15) is 18.2 Å². The van der Waals surface area contributed by atoms with E-state index >= 15 is 0 Å². The fourth-order valence-corrected chi connectivity index (χ4v) is 3.92. The van der Waals surface area contributed by atoms with E-state index < -0.39 is 19.2 Å². The summed E-state index contributed by atoms with van der Waals surface area (Å²) in [4.78, 5) is 27.2. The molecule has 1 aliphatic rings. The summed E-state index contributed by atoms with van der Waals surface area (Å²) in [5.74, 6) is -1.29. The second-order valence-corrected chi connectivity index (χ2v) is 9.99. The first-order valence-corrected chi connectivity index (χ1v) is 11.8. The van der Waals surface area contributed by atoms with Crippen molar-refractivity contribution in [2.45, 2.75) is 71.8 Å². The lowest BCUT2D eigenvalue weighted by Gasteiger charge is -2.30. The van der Waals surface area contributed by atoms with Crippen molar-refractivity contribution in [3.8, 4) is 6.07 Å². The number of allylic oxidation sites excluding steroid dienone is 1. The standard InChI is InChI=1S/C25H36BN3O5/c1-18-9-11-19(12-10-18)14-22(26(32)33)28-24(31)34-17-21-8-6-5-7-13-29(21)23(30)20(16-27)15-25(2,3)4/h9-12,15,21-22,32-33H,5-8,13-14,17H2,1-4H3,(H,28,31)/t21-,22+/m1/s1. The van der Waals surface area contributed by atoms with Gasteiger partial charge in [0.25, 0.3) is 5.91 Å². The number of aryl methyl sites for hydroxylation is 1. The molecule has 1 fully saturated rings. The number of alkyl carbamates (subject to hydrolysis) is 1. The molecule has 2 amide bonds. The van der Waals surface area contributed by atoms with Crippen LogP contribution in [0, 0.1) is 23.7 Å². The van der Waals surface area contributed by atoms with Crippen LogP contribution in [-0.2, 0) is 16.0 Å².